The van der Waals surface area contributed by atoms with Gasteiger partial charge in [-0.3, -0.25) is 10.1 Å². The van der Waals surface area contributed by atoms with Crippen molar-refractivity contribution >= 4 is 23.1 Å². The first-order valence-electron chi connectivity index (χ1n) is 6.82. The Morgan fingerprint density at radius 1 is 1.33 bits per heavy atom. The molecule has 2 rings (SSSR count). The number of non-ortho nitro benzene ring substituents is 1. The van der Waals surface area contributed by atoms with Gasteiger partial charge in [-0.25, -0.2) is 0 Å². The highest BCUT2D eigenvalue weighted by molar-refractivity contribution is 7.97. The van der Waals surface area contributed by atoms with E-state index in [9.17, 15) is 10.1 Å². The van der Waals surface area contributed by atoms with Gasteiger partial charge in [-0.15, -0.1) is 11.8 Å². The van der Waals surface area contributed by atoms with Crippen molar-refractivity contribution in [1.82, 2.24) is 0 Å². The van der Waals surface area contributed by atoms with Crippen LogP contribution in [0.2, 0.25) is 0 Å². The van der Waals surface area contributed by atoms with Gasteiger partial charge in [-0.1, -0.05) is 6.92 Å². The first-order valence-corrected chi connectivity index (χ1v) is 7.97. The molecule has 21 heavy (non-hydrogen) atoms. The minimum absolute atomic E-state index is 0.130. The Bertz CT molecular complexity index is 585. The zero-order chi connectivity index (χ0) is 15.1. The Labute approximate surface area is 127 Å². The van der Waals surface area contributed by atoms with Crippen molar-refractivity contribution < 1.29 is 9.34 Å². The zero-order valence-corrected chi connectivity index (χ0v) is 12.7. The Morgan fingerprint density at radius 3 is 2.86 bits per heavy atom. The molecule has 0 fully saturated rings. The normalized spacial score (nSPS) is 10.5. The van der Waals surface area contributed by atoms with Gasteiger partial charge in [0.2, 0.25) is 0 Å². The van der Waals surface area contributed by atoms with Crippen LogP contribution in [0.3, 0.4) is 0 Å². The number of nitrogens with zero attached hydrogens (tertiary/aromatic N) is 1. The van der Waals surface area contributed by atoms with Crippen LogP contribution in [0.5, 0.6) is 0 Å². The van der Waals surface area contributed by atoms with Crippen LogP contribution in [0.15, 0.2) is 41.0 Å². The van der Waals surface area contributed by atoms with Gasteiger partial charge in [0.25, 0.3) is 5.69 Å². The number of nitrogens with one attached hydrogen (secondary N) is 1. The highest BCUT2D eigenvalue weighted by Gasteiger charge is 2.11. The van der Waals surface area contributed by atoms with Gasteiger partial charge in [0.15, 0.2) is 0 Å². The summed E-state index contributed by atoms with van der Waals surface area (Å²) in [5.74, 6) is 2.37. The first-order chi connectivity index (χ1) is 10.2. The lowest BCUT2D eigenvalue weighted by atomic mass is 10.1. The molecule has 0 bridgehead atoms. The van der Waals surface area contributed by atoms with Crippen molar-refractivity contribution in [3.63, 3.8) is 0 Å². The summed E-state index contributed by atoms with van der Waals surface area (Å²) >= 11 is 1.68. The molecule has 0 aliphatic carbocycles. The van der Waals surface area contributed by atoms with Gasteiger partial charge < -0.3 is 9.73 Å². The molecule has 1 N–H and O–H groups in total. The van der Waals surface area contributed by atoms with Crippen LogP contribution in [0.1, 0.15) is 24.7 Å². The van der Waals surface area contributed by atoms with Gasteiger partial charge >= 0.3 is 0 Å². The molecule has 0 radical (unpaired) electrons. The van der Waals surface area contributed by atoms with E-state index in [2.05, 4.69) is 12.2 Å². The molecule has 1 heterocycles. The third-order valence-corrected chi connectivity index (χ3v) is 3.95. The maximum atomic E-state index is 10.9. The molecule has 0 amide bonds. The number of thioether (sulfide) groups is 1. The molecule has 0 unspecified atom stereocenters. The van der Waals surface area contributed by atoms with Crippen LogP contribution >= 0.6 is 11.8 Å². The van der Waals surface area contributed by atoms with E-state index < -0.39 is 0 Å². The number of hydrogen-bond donors (Lipinski definition) is 1. The molecule has 1 aromatic heterocycles. The summed E-state index contributed by atoms with van der Waals surface area (Å²) in [6, 6.07) is 8.76. The van der Waals surface area contributed by atoms with E-state index in [0.29, 0.717) is 5.75 Å². The standard InChI is InChI=1S/C15H18N2O3S/c1-2-7-16-15-6-5-13(17(18)19)9-12(15)10-21-11-14-4-3-8-20-14/h3-6,8-9,16H,2,7,10-11H2,1H3. The van der Waals surface area contributed by atoms with Crippen molar-refractivity contribution in [2.24, 2.45) is 0 Å². The van der Waals surface area contributed by atoms with Crippen molar-refractivity contribution in [2.75, 3.05) is 11.9 Å². The summed E-state index contributed by atoms with van der Waals surface area (Å²) in [5.41, 5.74) is 2.05. The number of furan rings is 1. The van der Waals surface area contributed by atoms with E-state index in [0.717, 1.165) is 35.7 Å². The van der Waals surface area contributed by atoms with Gasteiger partial charge in [0.1, 0.15) is 5.76 Å². The Morgan fingerprint density at radius 2 is 2.19 bits per heavy atom. The predicted octanol–water partition coefficient (Wildman–Crippen LogP) is 4.44. The summed E-state index contributed by atoms with van der Waals surface area (Å²) in [7, 11) is 0. The van der Waals surface area contributed by atoms with Crippen molar-refractivity contribution in [3.05, 3.63) is 58.0 Å². The smallest absolute Gasteiger partial charge is 0.269 e. The average molecular weight is 306 g/mol. The molecule has 0 saturated heterocycles. The molecule has 2 aromatic rings. The van der Waals surface area contributed by atoms with Crippen molar-refractivity contribution in [1.29, 1.82) is 0 Å². The molecule has 0 aliphatic heterocycles. The maximum absolute atomic E-state index is 10.9. The van der Waals surface area contributed by atoms with E-state index >= 15 is 0 Å². The van der Waals surface area contributed by atoms with E-state index in [4.69, 9.17) is 4.42 Å². The van der Waals surface area contributed by atoms with Crippen LogP contribution in [-0.4, -0.2) is 11.5 Å². The average Bonchev–Trinajstić information content (AvgIpc) is 2.99. The topological polar surface area (TPSA) is 68.3 Å². The third-order valence-electron chi connectivity index (χ3n) is 2.95. The largest absolute Gasteiger partial charge is 0.468 e. The minimum atomic E-state index is -0.357. The summed E-state index contributed by atoms with van der Waals surface area (Å²) in [5, 5.41) is 14.2. The molecule has 1 aromatic carbocycles. The molecule has 0 saturated carbocycles. The fraction of sp³-hybridized carbons (Fsp3) is 0.333. The molecule has 6 heteroatoms. The second kappa shape index (κ2) is 7.73. The number of anilines is 1. The number of nitro groups is 1. The second-order valence-corrected chi connectivity index (χ2v) is 5.58. The summed E-state index contributed by atoms with van der Waals surface area (Å²) < 4.78 is 5.28. The Kier molecular flexibility index (Phi) is 5.68. The van der Waals surface area contributed by atoms with E-state index in [1.165, 1.54) is 0 Å². The molecule has 0 spiro atoms. The van der Waals surface area contributed by atoms with Crippen molar-refractivity contribution in [3.8, 4) is 0 Å². The molecular weight excluding hydrogens is 288 g/mol. The van der Waals surface area contributed by atoms with Crippen molar-refractivity contribution in [2.45, 2.75) is 24.9 Å². The second-order valence-electron chi connectivity index (χ2n) is 4.60. The van der Waals surface area contributed by atoms with E-state index in [1.807, 2.05) is 12.1 Å². The van der Waals surface area contributed by atoms with Gasteiger partial charge in [0.05, 0.1) is 16.9 Å². The first kappa shape index (κ1) is 15.4. The van der Waals surface area contributed by atoms with Crippen LogP contribution < -0.4 is 5.32 Å². The van der Waals surface area contributed by atoms with Crippen LogP contribution in [0.4, 0.5) is 11.4 Å². The molecule has 5 nitrogen and oxygen atoms in total. The minimum Gasteiger partial charge on any atom is -0.468 e. The third kappa shape index (κ3) is 4.53. The number of benzene rings is 1. The molecular formula is C15H18N2O3S. The quantitative estimate of drug-likeness (QED) is 0.576. The van der Waals surface area contributed by atoms with Crippen LogP contribution in [-0.2, 0) is 11.5 Å². The van der Waals surface area contributed by atoms with Crippen LogP contribution in [0.25, 0.3) is 0 Å². The van der Waals surface area contributed by atoms with E-state index in [1.54, 1.807) is 36.2 Å². The lowest BCUT2D eigenvalue weighted by Gasteiger charge is -2.11. The number of rotatable bonds is 8. The van der Waals surface area contributed by atoms with Crippen LogP contribution in [0, 0.1) is 10.1 Å². The van der Waals surface area contributed by atoms with Gasteiger partial charge in [-0.05, 0) is 30.2 Å². The fourth-order valence-corrected chi connectivity index (χ4v) is 2.83. The Balaban J connectivity index is 2.05. The Hall–Kier alpha value is -1.95. The van der Waals surface area contributed by atoms with Gasteiger partial charge in [-0.2, -0.15) is 0 Å². The molecule has 112 valence electrons. The number of hydrogen-bond acceptors (Lipinski definition) is 5. The SMILES string of the molecule is CCCNc1ccc([N+](=O)[O-])cc1CSCc1ccco1. The van der Waals surface area contributed by atoms with Gasteiger partial charge in [0, 0.05) is 30.1 Å². The monoisotopic (exact) mass is 306 g/mol. The summed E-state index contributed by atoms with van der Waals surface area (Å²) in [6.45, 7) is 2.94. The molecule has 0 aliphatic rings. The summed E-state index contributed by atoms with van der Waals surface area (Å²) in [4.78, 5) is 10.5. The number of nitro benzene ring substituents is 1. The van der Waals surface area contributed by atoms with E-state index in [-0.39, 0.29) is 10.6 Å². The highest BCUT2D eigenvalue weighted by Crippen LogP contribution is 2.27. The lowest BCUT2D eigenvalue weighted by molar-refractivity contribution is -0.384. The predicted molar refractivity (Wildman–Crippen MR) is 85.6 cm³/mol. The fourth-order valence-electron chi connectivity index (χ4n) is 1.90. The maximum Gasteiger partial charge on any atom is 0.269 e. The highest BCUT2D eigenvalue weighted by atomic mass is 32.2. The molecule has 0 atom stereocenters. The summed E-state index contributed by atoms with van der Waals surface area (Å²) in [6.07, 6.45) is 2.66. The zero-order valence-electron chi connectivity index (χ0n) is 11.9. The lowest BCUT2D eigenvalue weighted by Crippen LogP contribution is -2.03.